The van der Waals surface area contributed by atoms with Crippen molar-refractivity contribution in [2.24, 2.45) is 5.92 Å². The summed E-state index contributed by atoms with van der Waals surface area (Å²) in [5.74, 6) is -0.0973. The van der Waals surface area contributed by atoms with E-state index in [4.69, 9.17) is 16.3 Å². The number of amides is 1. The summed E-state index contributed by atoms with van der Waals surface area (Å²) in [5, 5.41) is 3.32. The smallest absolute Gasteiger partial charge is 0.407 e. The Morgan fingerprint density at radius 2 is 1.93 bits per heavy atom. The van der Waals surface area contributed by atoms with Gasteiger partial charge in [-0.25, -0.2) is 9.52 Å². The van der Waals surface area contributed by atoms with Crippen LogP contribution in [-0.4, -0.2) is 38.5 Å². The molecule has 0 aliphatic carbocycles. The molecule has 0 saturated heterocycles. The zero-order valence-corrected chi connectivity index (χ0v) is 18.4. The standard InChI is InChI=1S/C21H26ClN3O4S/c1-16(12-23-21(26)29-15-17-5-3-2-4-6-17)13-24-30(27,28)25-10-9-18-11-20(22)8-7-19(18)14-25/h2-8,11,16,24H,9-10,12-15H2,1H3,(H,23,26). The van der Waals surface area contributed by atoms with E-state index >= 15 is 0 Å². The van der Waals surface area contributed by atoms with Gasteiger partial charge in [0.05, 0.1) is 0 Å². The lowest BCUT2D eigenvalue weighted by molar-refractivity contribution is 0.138. The average Bonchev–Trinajstić information content (AvgIpc) is 2.75. The van der Waals surface area contributed by atoms with Gasteiger partial charge >= 0.3 is 6.09 Å². The number of carbonyl (C=O) groups excluding carboxylic acids is 1. The van der Waals surface area contributed by atoms with Gasteiger partial charge in [-0.15, -0.1) is 0 Å². The summed E-state index contributed by atoms with van der Waals surface area (Å²) in [6, 6.07) is 14.9. The number of halogens is 1. The predicted molar refractivity (Wildman–Crippen MR) is 116 cm³/mol. The molecule has 2 aromatic rings. The predicted octanol–water partition coefficient (Wildman–Crippen LogP) is 3.10. The van der Waals surface area contributed by atoms with Crippen LogP contribution in [-0.2, 0) is 34.5 Å². The molecule has 9 heteroatoms. The van der Waals surface area contributed by atoms with Gasteiger partial charge in [-0.1, -0.05) is 54.9 Å². The second-order valence-corrected chi connectivity index (χ2v) is 9.59. The lowest BCUT2D eigenvalue weighted by atomic mass is 10.0. The Bertz CT molecular complexity index is 969. The molecular weight excluding hydrogens is 426 g/mol. The van der Waals surface area contributed by atoms with Crippen LogP contribution >= 0.6 is 11.6 Å². The Kier molecular flexibility index (Phi) is 7.71. The zero-order valence-electron chi connectivity index (χ0n) is 16.8. The van der Waals surface area contributed by atoms with Gasteiger partial charge in [-0.05, 0) is 41.2 Å². The molecular formula is C21H26ClN3O4S. The number of nitrogens with one attached hydrogen (secondary N) is 2. The van der Waals surface area contributed by atoms with Gasteiger partial charge in [0.1, 0.15) is 6.61 Å². The van der Waals surface area contributed by atoms with Gasteiger partial charge in [0.25, 0.3) is 10.2 Å². The van der Waals surface area contributed by atoms with Crippen molar-refractivity contribution in [1.29, 1.82) is 0 Å². The van der Waals surface area contributed by atoms with Gasteiger partial charge in [-0.3, -0.25) is 0 Å². The monoisotopic (exact) mass is 451 g/mol. The third kappa shape index (κ3) is 6.43. The van der Waals surface area contributed by atoms with E-state index in [0.29, 0.717) is 31.1 Å². The number of nitrogens with zero attached hydrogens (tertiary/aromatic N) is 1. The summed E-state index contributed by atoms with van der Waals surface area (Å²) >= 11 is 6.01. The minimum Gasteiger partial charge on any atom is -0.445 e. The number of carbonyl (C=O) groups is 1. The Balaban J connectivity index is 1.41. The fourth-order valence-corrected chi connectivity index (χ4v) is 4.66. The van der Waals surface area contributed by atoms with Crippen molar-refractivity contribution in [3.05, 3.63) is 70.2 Å². The SMILES string of the molecule is CC(CNC(=O)OCc1ccccc1)CNS(=O)(=O)N1CCc2cc(Cl)ccc2C1. The molecule has 0 saturated carbocycles. The summed E-state index contributed by atoms with van der Waals surface area (Å²) in [4.78, 5) is 11.8. The van der Waals surface area contributed by atoms with Gasteiger partial charge in [0, 0.05) is 31.2 Å². The van der Waals surface area contributed by atoms with E-state index in [2.05, 4.69) is 10.0 Å². The van der Waals surface area contributed by atoms with Crippen molar-refractivity contribution < 1.29 is 17.9 Å². The molecule has 162 valence electrons. The molecule has 1 aliphatic rings. The summed E-state index contributed by atoms with van der Waals surface area (Å²) in [6.07, 6.45) is 0.0982. The Morgan fingerprint density at radius 1 is 1.17 bits per heavy atom. The van der Waals surface area contributed by atoms with Gasteiger partial charge in [0.15, 0.2) is 0 Å². The fraction of sp³-hybridized carbons (Fsp3) is 0.381. The highest BCUT2D eigenvalue weighted by Gasteiger charge is 2.26. The van der Waals surface area contributed by atoms with E-state index < -0.39 is 16.3 Å². The van der Waals surface area contributed by atoms with Gasteiger partial charge in [-0.2, -0.15) is 12.7 Å². The van der Waals surface area contributed by atoms with E-state index in [9.17, 15) is 13.2 Å². The summed E-state index contributed by atoms with van der Waals surface area (Å²) in [5.41, 5.74) is 2.95. The number of fused-ring (bicyclic) bond motifs is 1. The van der Waals surface area contributed by atoms with Crippen molar-refractivity contribution >= 4 is 27.9 Å². The Morgan fingerprint density at radius 3 is 2.70 bits per heavy atom. The first-order chi connectivity index (χ1) is 14.3. The summed E-state index contributed by atoms with van der Waals surface area (Å²) in [6.45, 7) is 3.28. The summed E-state index contributed by atoms with van der Waals surface area (Å²) in [7, 11) is -3.61. The van der Waals surface area contributed by atoms with Crippen molar-refractivity contribution in [2.75, 3.05) is 19.6 Å². The molecule has 2 aromatic carbocycles. The van der Waals surface area contributed by atoms with Crippen LogP contribution in [0.5, 0.6) is 0 Å². The van der Waals surface area contributed by atoms with Crippen LogP contribution in [0.1, 0.15) is 23.6 Å². The van der Waals surface area contributed by atoms with Crippen molar-refractivity contribution in [1.82, 2.24) is 14.3 Å². The largest absolute Gasteiger partial charge is 0.445 e. The lowest BCUT2D eigenvalue weighted by Crippen LogP contribution is -2.45. The van der Waals surface area contributed by atoms with Crippen LogP contribution in [0, 0.1) is 5.92 Å². The maximum atomic E-state index is 12.6. The third-order valence-electron chi connectivity index (χ3n) is 4.91. The topological polar surface area (TPSA) is 87.7 Å². The van der Waals surface area contributed by atoms with E-state index in [0.717, 1.165) is 16.7 Å². The summed E-state index contributed by atoms with van der Waals surface area (Å²) < 4.78 is 34.5. The first kappa shape index (κ1) is 22.6. The van der Waals surface area contributed by atoms with E-state index in [-0.39, 0.29) is 19.1 Å². The first-order valence-electron chi connectivity index (χ1n) is 9.80. The average molecular weight is 452 g/mol. The van der Waals surface area contributed by atoms with Gasteiger partial charge < -0.3 is 10.1 Å². The van der Waals surface area contributed by atoms with Crippen LogP contribution in [0.4, 0.5) is 4.79 Å². The maximum absolute atomic E-state index is 12.6. The quantitative estimate of drug-likeness (QED) is 0.645. The number of hydrogen-bond donors (Lipinski definition) is 2. The molecule has 1 aliphatic heterocycles. The number of rotatable bonds is 8. The molecule has 3 rings (SSSR count). The van der Waals surface area contributed by atoms with Crippen LogP contribution in [0.3, 0.4) is 0 Å². The van der Waals surface area contributed by atoms with Crippen LogP contribution in [0.25, 0.3) is 0 Å². The second-order valence-electron chi connectivity index (χ2n) is 7.40. The highest BCUT2D eigenvalue weighted by molar-refractivity contribution is 7.87. The Labute approximate surface area is 182 Å². The molecule has 0 fully saturated rings. The molecule has 0 radical (unpaired) electrons. The van der Waals surface area contributed by atoms with Crippen molar-refractivity contribution in [2.45, 2.75) is 26.5 Å². The first-order valence-corrected chi connectivity index (χ1v) is 11.6. The zero-order chi connectivity index (χ0) is 21.6. The molecule has 1 heterocycles. The lowest BCUT2D eigenvalue weighted by Gasteiger charge is -2.28. The third-order valence-corrected chi connectivity index (χ3v) is 6.67. The van der Waals surface area contributed by atoms with Crippen molar-refractivity contribution in [3.8, 4) is 0 Å². The van der Waals surface area contributed by atoms with E-state index in [1.807, 2.05) is 49.4 Å². The highest BCUT2D eigenvalue weighted by Crippen LogP contribution is 2.23. The molecule has 1 unspecified atom stereocenters. The van der Waals surface area contributed by atoms with Crippen LogP contribution in [0.15, 0.2) is 48.5 Å². The fourth-order valence-electron chi connectivity index (χ4n) is 3.14. The molecule has 2 N–H and O–H groups in total. The van der Waals surface area contributed by atoms with Crippen LogP contribution < -0.4 is 10.0 Å². The number of hydrogen-bond acceptors (Lipinski definition) is 4. The number of benzene rings is 2. The minimum atomic E-state index is -3.61. The normalized spacial score (nSPS) is 15.3. The van der Waals surface area contributed by atoms with E-state index in [1.54, 1.807) is 6.07 Å². The molecule has 1 amide bonds. The number of ether oxygens (including phenoxy) is 1. The van der Waals surface area contributed by atoms with E-state index in [1.165, 1.54) is 4.31 Å². The number of alkyl carbamates (subject to hydrolysis) is 1. The second kappa shape index (κ2) is 10.3. The van der Waals surface area contributed by atoms with Gasteiger partial charge in [0.2, 0.25) is 0 Å². The molecule has 0 bridgehead atoms. The molecule has 0 aromatic heterocycles. The minimum absolute atomic E-state index is 0.0973. The molecule has 7 nitrogen and oxygen atoms in total. The maximum Gasteiger partial charge on any atom is 0.407 e. The van der Waals surface area contributed by atoms with Crippen molar-refractivity contribution in [3.63, 3.8) is 0 Å². The molecule has 30 heavy (non-hydrogen) atoms. The van der Waals surface area contributed by atoms with Crippen LogP contribution in [0.2, 0.25) is 5.02 Å². The molecule has 1 atom stereocenters. The highest BCUT2D eigenvalue weighted by atomic mass is 35.5. The Hall–Kier alpha value is -2.13. The molecule has 0 spiro atoms.